The molecule has 2 rings (SSSR count). The van der Waals surface area contributed by atoms with Crippen LogP contribution in [-0.2, 0) is 22.4 Å². The van der Waals surface area contributed by atoms with Gasteiger partial charge >= 0.3 is 0 Å². The minimum atomic E-state index is -3.51. The van der Waals surface area contributed by atoms with Crippen LogP contribution in [0.1, 0.15) is 23.2 Å². The predicted octanol–water partition coefficient (Wildman–Crippen LogP) is 3.40. The molecule has 2 aromatic heterocycles. The lowest BCUT2D eigenvalue weighted by Gasteiger charge is -2.19. The molecule has 114 valence electrons. The van der Waals surface area contributed by atoms with Crippen molar-refractivity contribution >= 4 is 33.0 Å². The second-order valence-electron chi connectivity index (χ2n) is 4.58. The molecule has 21 heavy (non-hydrogen) atoms. The number of sulfonamides is 1. The number of halogens is 1. The van der Waals surface area contributed by atoms with E-state index in [1.807, 2.05) is 32.0 Å². The van der Waals surface area contributed by atoms with Crippen LogP contribution in [0.4, 0.5) is 0 Å². The van der Waals surface area contributed by atoms with Crippen molar-refractivity contribution in [3.63, 3.8) is 0 Å². The number of alkyl halides is 1. The summed E-state index contributed by atoms with van der Waals surface area (Å²) < 4.78 is 26.7. The Hall–Kier alpha value is -0.950. The lowest BCUT2D eigenvalue weighted by atomic mass is 10.3. The SMILES string of the molecule is CCN(Cc1cccc(C)n1)S(=O)(=O)c1csc(CCl)c1. The first-order valence-electron chi connectivity index (χ1n) is 6.53. The van der Waals surface area contributed by atoms with E-state index in [2.05, 4.69) is 4.98 Å². The fourth-order valence-electron chi connectivity index (χ4n) is 1.95. The highest BCUT2D eigenvalue weighted by Crippen LogP contribution is 2.24. The van der Waals surface area contributed by atoms with E-state index in [-0.39, 0.29) is 6.54 Å². The number of hydrogen-bond donors (Lipinski definition) is 0. The zero-order chi connectivity index (χ0) is 15.5. The smallest absolute Gasteiger partial charge is 0.244 e. The van der Waals surface area contributed by atoms with Gasteiger partial charge in [0.15, 0.2) is 0 Å². The Kier molecular flexibility index (Phi) is 5.37. The van der Waals surface area contributed by atoms with Crippen molar-refractivity contribution in [3.05, 3.63) is 45.9 Å². The number of pyridine rings is 1. The number of aryl methyl sites for hydroxylation is 1. The Morgan fingerprint density at radius 3 is 2.71 bits per heavy atom. The Morgan fingerprint density at radius 2 is 2.14 bits per heavy atom. The summed E-state index contributed by atoms with van der Waals surface area (Å²) in [7, 11) is -3.51. The van der Waals surface area contributed by atoms with E-state index in [1.54, 1.807) is 11.4 Å². The number of hydrogen-bond acceptors (Lipinski definition) is 4. The maximum atomic E-state index is 12.6. The number of rotatable bonds is 6. The third-order valence-corrected chi connectivity index (χ3v) is 6.47. The average molecular weight is 345 g/mol. The van der Waals surface area contributed by atoms with Gasteiger partial charge in [0.05, 0.1) is 23.0 Å². The van der Waals surface area contributed by atoms with Gasteiger partial charge in [0, 0.05) is 22.5 Å². The van der Waals surface area contributed by atoms with E-state index in [9.17, 15) is 8.42 Å². The topological polar surface area (TPSA) is 50.3 Å². The highest BCUT2D eigenvalue weighted by Gasteiger charge is 2.24. The molecule has 0 radical (unpaired) electrons. The molecule has 7 heteroatoms. The molecule has 2 heterocycles. The van der Waals surface area contributed by atoms with Crippen molar-refractivity contribution in [2.45, 2.75) is 31.2 Å². The molecule has 0 aliphatic heterocycles. The molecule has 0 aliphatic rings. The molecule has 0 aromatic carbocycles. The quantitative estimate of drug-likeness (QED) is 0.754. The molecule has 0 unspecified atom stereocenters. The predicted molar refractivity (Wildman–Crippen MR) is 86.1 cm³/mol. The normalized spacial score (nSPS) is 12.0. The molecule has 0 saturated carbocycles. The van der Waals surface area contributed by atoms with Gasteiger partial charge in [-0.3, -0.25) is 4.98 Å². The Morgan fingerprint density at radius 1 is 1.38 bits per heavy atom. The molecule has 2 aromatic rings. The van der Waals surface area contributed by atoms with Crippen LogP contribution in [0.25, 0.3) is 0 Å². The van der Waals surface area contributed by atoms with Crippen LogP contribution in [0.2, 0.25) is 0 Å². The maximum Gasteiger partial charge on any atom is 0.244 e. The van der Waals surface area contributed by atoms with Crippen molar-refractivity contribution in [2.24, 2.45) is 0 Å². The molecular formula is C14H17ClN2O2S2. The summed E-state index contributed by atoms with van der Waals surface area (Å²) >= 11 is 7.10. The van der Waals surface area contributed by atoms with Crippen LogP contribution in [0, 0.1) is 6.92 Å². The van der Waals surface area contributed by atoms with Gasteiger partial charge in [-0.25, -0.2) is 8.42 Å². The first kappa shape index (κ1) is 16.4. The summed E-state index contributed by atoms with van der Waals surface area (Å²) in [5, 5.41) is 1.64. The van der Waals surface area contributed by atoms with Crippen LogP contribution >= 0.6 is 22.9 Å². The molecule has 4 nitrogen and oxygen atoms in total. The van der Waals surface area contributed by atoms with Crippen molar-refractivity contribution in [1.82, 2.24) is 9.29 Å². The van der Waals surface area contributed by atoms with Gasteiger partial charge in [0.25, 0.3) is 0 Å². The van der Waals surface area contributed by atoms with Gasteiger partial charge in [-0.2, -0.15) is 4.31 Å². The third-order valence-electron chi connectivity index (χ3n) is 3.04. The van der Waals surface area contributed by atoms with Crippen molar-refractivity contribution in [1.29, 1.82) is 0 Å². The van der Waals surface area contributed by atoms with Gasteiger partial charge in [-0.05, 0) is 25.1 Å². The Balaban J connectivity index is 2.27. The molecule has 0 amide bonds. The first-order chi connectivity index (χ1) is 9.97. The van der Waals surface area contributed by atoms with E-state index in [1.165, 1.54) is 15.6 Å². The summed E-state index contributed by atoms with van der Waals surface area (Å²) in [6.07, 6.45) is 0. The van der Waals surface area contributed by atoms with Crippen LogP contribution in [0.3, 0.4) is 0 Å². The first-order valence-corrected chi connectivity index (χ1v) is 9.39. The van der Waals surface area contributed by atoms with E-state index in [4.69, 9.17) is 11.6 Å². The lowest BCUT2D eigenvalue weighted by molar-refractivity contribution is 0.419. The van der Waals surface area contributed by atoms with Crippen molar-refractivity contribution in [2.75, 3.05) is 6.54 Å². The highest BCUT2D eigenvalue weighted by molar-refractivity contribution is 7.89. The monoisotopic (exact) mass is 344 g/mol. The van der Waals surface area contributed by atoms with Gasteiger partial charge < -0.3 is 0 Å². The third kappa shape index (κ3) is 3.83. The van der Waals surface area contributed by atoms with E-state index in [0.717, 1.165) is 16.3 Å². The lowest BCUT2D eigenvalue weighted by Crippen LogP contribution is -2.30. The van der Waals surface area contributed by atoms with Gasteiger partial charge in [-0.15, -0.1) is 22.9 Å². The number of thiophene rings is 1. The van der Waals surface area contributed by atoms with E-state index < -0.39 is 10.0 Å². The van der Waals surface area contributed by atoms with Crippen molar-refractivity contribution < 1.29 is 8.42 Å². The summed E-state index contributed by atoms with van der Waals surface area (Å²) in [5.41, 5.74) is 1.62. The summed E-state index contributed by atoms with van der Waals surface area (Å²) in [6, 6.07) is 7.25. The zero-order valence-corrected chi connectivity index (χ0v) is 14.3. The van der Waals surface area contributed by atoms with E-state index in [0.29, 0.717) is 17.3 Å². The van der Waals surface area contributed by atoms with Gasteiger partial charge in [-0.1, -0.05) is 13.0 Å². The molecule has 0 N–H and O–H groups in total. The largest absolute Gasteiger partial charge is 0.257 e. The summed E-state index contributed by atoms with van der Waals surface area (Å²) in [4.78, 5) is 5.52. The highest BCUT2D eigenvalue weighted by atomic mass is 35.5. The minimum Gasteiger partial charge on any atom is -0.257 e. The summed E-state index contributed by atoms with van der Waals surface area (Å²) in [6.45, 7) is 4.37. The van der Waals surface area contributed by atoms with Crippen LogP contribution < -0.4 is 0 Å². The summed E-state index contributed by atoms with van der Waals surface area (Å²) in [5.74, 6) is 0.325. The number of nitrogens with zero attached hydrogens (tertiary/aromatic N) is 2. The molecule has 0 saturated heterocycles. The molecule has 0 bridgehead atoms. The van der Waals surface area contributed by atoms with Crippen LogP contribution in [-0.4, -0.2) is 24.3 Å². The van der Waals surface area contributed by atoms with Gasteiger partial charge in [0.2, 0.25) is 10.0 Å². The molecular weight excluding hydrogens is 328 g/mol. The zero-order valence-electron chi connectivity index (χ0n) is 11.9. The van der Waals surface area contributed by atoms with Crippen LogP contribution in [0.5, 0.6) is 0 Å². The molecule has 0 spiro atoms. The fraction of sp³-hybridized carbons (Fsp3) is 0.357. The molecule has 0 fully saturated rings. The standard InChI is InChI=1S/C14H17ClN2O2S2/c1-3-17(9-12-6-4-5-11(2)16-12)21(18,19)14-7-13(8-15)20-10-14/h4-7,10H,3,8-9H2,1-2H3. The van der Waals surface area contributed by atoms with Crippen LogP contribution in [0.15, 0.2) is 34.5 Å². The van der Waals surface area contributed by atoms with Crippen molar-refractivity contribution in [3.8, 4) is 0 Å². The molecule has 0 aliphatic carbocycles. The Labute approximate surface area is 134 Å². The average Bonchev–Trinajstić information content (AvgIpc) is 2.94. The maximum absolute atomic E-state index is 12.6. The Bertz CT molecular complexity index is 713. The fourth-order valence-corrected chi connectivity index (χ4v) is 4.75. The minimum absolute atomic E-state index is 0.270. The number of aromatic nitrogens is 1. The second kappa shape index (κ2) is 6.87. The molecule has 0 atom stereocenters. The second-order valence-corrected chi connectivity index (χ2v) is 7.78. The van der Waals surface area contributed by atoms with Gasteiger partial charge in [0.1, 0.15) is 0 Å². The van der Waals surface area contributed by atoms with E-state index >= 15 is 0 Å².